The number of aromatic nitrogens is 1. The Morgan fingerprint density at radius 2 is 2.17 bits per heavy atom. The first-order chi connectivity index (χ1) is 14.1. The Hall–Kier alpha value is -1.97. The van der Waals surface area contributed by atoms with Gasteiger partial charge in [0, 0.05) is 23.6 Å². The van der Waals surface area contributed by atoms with Crippen LogP contribution in [0.5, 0.6) is 0 Å². The summed E-state index contributed by atoms with van der Waals surface area (Å²) in [5, 5.41) is 2.87. The van der Waals surface area contributed by atoms with Gasteiger partial charge in [0.05, 0.1) is 13.2 Å². The summed E-state index contributed by atoms with van der Waals surface area (Å²) in [6, 6.07) is 2.88. The quantitative estimate of drug-likeness (QED) is 0.352. The van der Waals surface area contributed by atoms with Gasteiger partial charge in [-0.25, -0.2) is 9.78 Å². The highest BCUT2D eigenvalue weighted by molar-refractivity contribution is 9.10. The molecule has 1 aliphatic carbocycles. The van der Waals surface area contributed by atoms with Gasteiger partial charge < -0.3 is 20.5 Å². The number of nitrogens with one attached hydrogen (secondary N) is 1. The Kier molecular flexibility index (Phi) is 6.54. The van der Waals surface area contributed by atoms with E-state index in [0.717, 1.165) is 12.0 Å². The summed E-state index contributed by atoms with van der Waals surface area (Å²) in [7, 11) is 0. The third-order valence-corrected chi connectivity index (χ3v) is 5.85. The number of ether oxygens (including phenoxy) is 2. The lowest BCUT2D eigenvalue weighted by molar-refractivity contribution is -0.121. The summed E-state index contributed by atoms with van der Waals surface area (Å²) in [6.45, 7) is 10.1. The number of likely N-dealkylation sites (tertiary alicyclic amines) is 1. The third-order valence-electron chi connectivity index (χ3n) is 5.41. The Morgan fingerprint density at radius 3 is 2.80 bits per heavy atom. The molecule has 0 radical (unpaired) electrons. The van der Waals surface area contributed by atoms with Gasteiger partial charge in [0.25, 0.3) is 0 Å². The molecule has 30 heavy (non-hydrogen) atoms. The number of nitrogens with two attached hydrogens (primary N) is 1. The lowest BCUT2D eigenvalue weighted by Gasteiger charge is -2.29. The molecule has 1 saturated carbocycles. The number of halogens is 1. The Morgan fingerprint density at radius 1 is 1.43 bits per heavy atom. The number of anilines is 1. The molecule has 8 nitrogen and oxygen atoms in total. The van der Waals surface area contributed by atoms with Crippen molar-refractivity contribution >= 4 is 33.7 Å². The van der Waals surface area contributed by atoms with Crippen molar-refractivity contribution in [3.05, 3.63) is 35.0 Å². The summed E-state index contributed by atoms with van der Waals surface area (Å²) in [4.78, 5) is 32.0. The molecular weight excluding hydrogens is 452 g/mol. The smallest absolute Gasteiger partial charge is 0.411 e. The zero-order valence-corrected chi connectivity index (χ0v) is 19.2. The summed E-state index contributed by atoms with van der Waals surface area (Å²) in [5.41, 5.74) is 5.84. The Labute approximate surface area is 185 Å². The van der Waals surface area contributed by atoms with Crippen molar-refractivity contribution in [3.63, 3.8) is 0 Å². The maximum Gasteiger partial charge on any atom is 0.411 e. The summed E-state index contributed by atoms with van der Waals surface area (Å²) in [5.74, 6) is 0.0846. The summed E-state index contributed by atoms with van der Waals surface area (Å²) < 4.78 is 11.6. The first kappa shape index (κ1) is 22.7. The van der Waals surface area contributed by atoms with E-state index in [0.29, 0.717) is 30.0 Å². The van der Waals surface area contributed by atoms with E-state index >= 15 is 0 Å². The highest BCUT2D eigenvalue weighted by Gasteiger charge is 2.67. The third kappa shape index (κ3) is 4.84. The minimum atomic E-state index is -0.662. The van der Waals surface area contributed by atoms with E-state index in [1.54, 1.807) is 37.8 Å². The van der Waals surface area contributed by atoms with Crippen LogP contribution in [-0.2, 0) is 20.9 Å². The molecule has 2 fully saturated rings. The number of piperidine rings is 1. The van der Waals surface area contributed by atoms with Gasteiger partial charge in [-0.3, -0.25) is 9.69 Å². The van der Waals surface area contributed by atoms with Crippen LogP contribution in [0.25, 0.3) is 0 Å². The molecule has 2 unspecified atom stereocenters. The maximum atomic E-state index is 13.2. The van der Waals surface area contributed by atoms with Crippen LogP contribution in [-0.4, -0.2) is 52.7 Å². The number of amides is 2. The molecule has 3 N–H and O–H groups in total. The van der Waals surface area contributed by atoms with Gasteiger partial charge in [0.15, 0.2) is 0 Å². The van der Waals surface area contributed by atoms with Gasteiger partial charge in [0.1, 0.15) is 22.1 Å². The summed E-state index contributed by atoms with van der Waals surface area (Å²) >= 11 is 3.34. The first-order valence-electron chi connectivity index (χ1n) is 9.96. The van der Waals surface area contributed by atoms with E-state index < -0.39 is 17.7 Å². The number of hydrogen-bond donors (Lipinski definition) is 2. The summed E-state index contributed by atoms with van der Waals surface area (Å²) in [6.07, 6.45) is 2.47. The molecule has 2 amide bonds. The molecule has 9 heteroatoms. The van der Waals surface area contributed by atoms with Crippen LogP contribution in [0.15, 0.2) is 29.4 Å². The molecule has 3 atom stereocenters. The van der Waals surface area contributed by atoms with Crippen molar-refractivity contribution in [3.8, 4) is 0 Å². The molecule has 1 aromatic rings. The molecule has 3 rings (SSSR count). The number of hydrogen-bond acceptors (Lipinski definition) is 6. The van der Waals surface area contributed by atoms with Gasteiger partial charge >= 0.3 is 6.09 Å². The van der Waals surface area contributed by atoms with E-state index in [-0.39, 0.29) is 24.0 Å². The second-order valence-corrected chi connectivity index (χ2v) is 9.64. The van der Waals surface area contributed by atoms with Crippen molar-refractivity contribution in [1.82, 2.24) is 9.88 Å². The minimum Gasteiger partial charge on any atom is -0.444 e. The molecule has 164 valence electrons. The number of carbonyl (C=O) groups is 2. The number of nitrogens with zero attached hydrogens (tertiary/aromatic N) is 2. The zero-order valence-electron chi connectivity index (χ0n) is 17.6. The second-order valence-electron chi connectivity index (χ2n) is 8.83. The van der Waals surface area contributed by atoms with Gasteiger partial charge in [0.2, 0.25) is 5.91 Å². The number of carbonyl (C=O) groups excluding carboxylic acids is 2. The molecule has 0 bridgehead atoms. The van der Waals surface area contributed by atoms with Crippen molar-refractivity contribution in [2.45, 2.75) is 57.9 Å². The van der Waals surface area contributed by atoms with Crippen LogP contribution in [0, 0.1) is 5.41 Å². The topological polar surface area (TPSA) is 107 Å². The van der Waals surface area contributed by atoms with Crippen molar-refractivity contribution < 1.29 is 19.1 Å². The highest BCUT2D eigenvalue weighted by Crippen LogP contribution is 2.59. The van der Waals surface area contributed by atoms with Gasteiger partial charge in [-0.05, 0) is 55.6 Å². The Balaban J connectivity index is 1.79. The highest BCUT2D eigenvalue weighted by atomic mass is 79.9. The fourth-order valence-corrected chi connectivity index (χ4v) is 4.18. The average Bonchev–Trinajstić information content (AvgIpc) is 3.26. The van der Waals surface area contributed by atoms with Gasteiger partial charge in [-0.1, -0.05) is 12.1 Å². The SMILES string of the molecule is C=CCOCc1ccc(Br)nc1NC(=O)[C@@H]1CC2(CN)CC2N1C(=O)OC(C)(C)C. The van der Waals surface area contributed by atoms with Crippen molar-refractivity contribution in [1.29, 1.82) is 0 Å². The molecule has 1 saturated heterocycles. The van der Waals surface area contributed by atoms with Crippen molar-refractivity contribution in [2.75, 3.05) is 18.5 Å². The van der Waals surface area contributed by atoms with Crippen LogP contribution in [0.3, 0.4) is 0 Å². The lowest BCUT2D eigenvalue weighted by Crippen LogP contribution is -2.47. The van der Waals surface area contributed by atoms with Crippen LogP contribution in [0.2, 0.25) is 0 Å². The van der Waals surface area contributed by atoms with Crippen LogP contribution >= 0.6 is 15.9 Å². The molecule has 2 heterocycles. The molecule has 1 aromatic heterocycles. The van der Waals surface area contributed by atoms with Crippen molar-refractivity contribution in [2.24, 2.45) is 11.1 Å². The predicted octanol–water partition coefficient (Wildman–Crippen LogP) is 3.21. The first-order valence-corrected chi connectivity index (χ1v) is 10.8. The van der Waals surface area contributed by atoms with Crippen LogP contribution in [0.1, 0.15) is 39.2 Å². The molecular formula is C21H29BrN4O4. The normalized spacial score (nSPS) is 24.9. The molecule has 0 aromatic carbocycles. The fraction of sp³-hybridized carbons (Fsp3) is 0.571. The lowest BCUT2D eigenvalue weighted by atomic mass is 9.99. The number of fused-ring (bicyclic) bond motifs is 1. The number of rotatable bonds is 7. The second kappa shape index (κ2) is 8.64. The average molecular weight is 481 g/mol. The monoisotopic (exact) mass is 480 g/mol. The standard InChI is InChI=1S/C21H29BrN4O4/c1-5-8-29-11-13-6-7-16(22)24-17(13)25-18(27)14-9-21(12-23)10-15(21)26(14)19(28)30-20(2,3)4/h5-7,14-15H,1,8-12,23H2,2-4H3,(H,24,25,27)/t14-,15?,21?/m0/s1. The number of pyridine rings is 1. The van der Waals surface area contributed by atoms with Crippen LogP contribution in [0.4, 0.5) is 10.6 Å². The maximum absolute atomic E-state index is 13.2. The molecule has 2 aliphatic rings. The minimum absolute atomic E-state index is 0.0704. The van der Waals surface area contributed by atoms with Crippen LogP contribution < -0.4 is 11.1 Å². The van der Waals surface area contributed by atoms with E-state index in [1.807, 2.05) is 6.07 Å². The van der Waals surface area contributed by atoms with Gasteiger partial charge in [-0.2, -0.15) is 0 Å². The zero-order chi connectivity index (χ0) is 22.1. The predicted molar refractivity (Wildman–Crippen MR) is 117 cm³/mol. The molecule has 1 aliphatic heterocycles. The Bertz CT molecular complexity index is 841. The largest absolute Gasteiger partial charge is 0.444 e. The van der Waals surface area contributed by atoms with Gasteiger partial charge in [-0.15, -0.1) is 6.58 Å². The molecule has 0 spiro atoms. The fourth-order valence-electron chi connectivity index (χ4n) is 3.87. The van der Waals surface area contributed by atoms with E-state index in [4.69, 9.17) is 15.2 Å². The van der Waals surface area contributed by atoms with E-state index in [9.17, 15) is 9.59 Å². The van der Waals surface area contributed by atoms with E-state index in [2.05, 4.69) is 32.8 Å². The van der Waals surface area contributed by atoms with E-state index in [1.165, 1.54) is 0 Å².